The van der Waals surface area contributed by atoms with Crippen LogP contribution in [0.1, 0.15) is 220 Å². The molecule has 0 heterocycles. The molecule has 0 rings (SSSR count). The molecular weight excluding hydrogens is 793 g/mol. The summed E-state index contributed by atoms with van der Waals surface area (Å²) >= 11 is 0. The third-order valence-corrected chi connectivity index (χ3v) is 10.5. The Kier molecular flexibility index (Phi) is 48.5. The molecule has 0 aliphatic carbocycles. The van der Waals surface area contributed by atoms with E-state index >= 15 is 0 Å². The average Bonchev–Trinajstić information content (AvgIpc) is 3.29. The lowest BCUT2D eigenvalue weighted by Gasteiger charge is -2.18. The standard InChI is InChI=1S/C58H94O6/c1-4-7-10-13-16-19-22-25-27-28-29-30-31-34-36-39-42-45-48-51-57(60)63-54-55(53-62-56(59)50-47-44-41-38-35-32-24-21-18-15-12-9-6-3)64-58(61)52-49-46-43-40-37-33-26-23-20-17-14-11-8-5-2/h7,10,14,16-17,19,21,23-27,29-30,34,36,42,45,55H,4-6,8-9,11-13,15,18,20,22,28,31-33,35,37-41,43-44,46-54H2,1-3H3/b10-7-,17-14-,19-16-,24-21-,26-23-,27-25-,30-29-,36-34-,45-42-/t55-/m1/s1. The Morgan fingerprint density at radius 1 is 0.328 bits per heavy atom. The number of carbonyl (C=O) groups is 3. The van der Waals surface area contributed by atoms with Gasteiger partial charge in [-0.1, -0.05) is 201 Å². The third-order valence-electron chi connectivity index (χ3n) is 10.5. The van der Waals surface area contributed by atoms with Gasteiger partial charge in [-0.15, -0.1) is 0 Å². The molecule has 6 nitrogen and oxygen atoms in total. The van der Waals surface area contributed by atoms with E-state index in [-0.39, 0.29) is 37.5 Å². The zero-order chi connectivity index (χ0) is 46.5. The highest BCUT2D eigenvalue weighted by Crippen LogP contribution is 2.12. The van der Waals surface area contributed by atoms with Crippen LogP contribution in [0.3, 0.4) is 0 Å². The maximum absolute atomic E-state index is 12.8. The molecule has 0 fully saturated rings. The molecule has 0 amide bonds. The van der Waals surface area contributed by atoms with Gasteiger partial charge >= 0.3 is 17.9 Å². The Bertz CT molecular complexity index is 1340. The van der Waals surface area contributed by atoms with Gasteiger partial charge in [-0.3, -0.25) is 14.4 Å². The number of hydrogen-bond donors (Lipinski definition) is 0. The van der Waals surface area contributed by atoms with E-state index in [1.807, 2.05) is 12.2 Å². The van der Waals surface area contributed by atoms with E-state index < -0.39 is 6.10 Å². The molecule has 0 radical (unpaired) electrons. The highest BCUT2D eigenvalue weighted by Gasteiger charge is 2.19. The summed E-state index contributed by atoms with van der Waals surface area (Å²) in [6.07, 6.45) is 69.4. The van der Waals surface area contributed by atoms with Gasteiger partial charge in [-0.25, -0.2) is 0 Å². The van der Waals surface area contributed by atoms with Gasteiger partial charge in [-0.2, -0.15) is 0 Å². The van der Waals surface area contributed by atoms with Crippen LogP contribution in [0.25, 0.3) is 0 Å². The molecule has 0 aromatic carbocycles. The zero-order valence-electron chi connectivity index (χ0n) is 41.3. The molecule has 0 saturated heterocycles. The molecule has 6 heteroatoms. The predicted octanol–water partition coefficient (Wildman–Crippen LogP) is 17.1. The van der Waals surface area contributed by atoms with Crippen molar-refractivity contribution in [2.24, 2.45) is 0 Å². The van der Waals surface area contributed by atoms with Crippen LogP contribution in [0.2, 0.25) is 0 Å². The first kappa shape index (κ1) is 60.1. The number of unbranched alkanes of at least 4 members (excludes halogenated alkanes) is 16. The lowest BCUT2D eigenvalue weighted by atomic mass is 10.1. The highest BCUT2D eigenvalue weighted by atomic mass is 16.6. The van der Waals surface area contributed by atoms with Crippen molar-refractivity contribution in [3.63, 3.8) is 0 Å². The summed E-state index contributed by atoms with van der Waals surface area (Å²) in [7, 11) is 0. The van der Waals surface area contributed by atoms with Crippen LogP contribution in [-0.2, 0) is 28.6 Å². The Morgan fingerprint density at radius 3 is 1.11 bits per heavy atom. The molecule has 0 N–H and O–H groups in total. The largest absolute Gasteiger partial charge is 0.462 e. The summed E-state index contributed by atoms with van der Waals surface area (Å²) < 4.78 is 16.7. The van der Waals surface area contributed by atoms with E-state index in [0.29, 0.717) is 19.3 Å². The molecule has 0 aromatic rings. The van der Waals surface area contributed by atoms with Crippen molar-refractivity contribution < 1.29 is 28.6 Å². The van der Waals surface area contributed by atoms with E-state index in [2.05, 4.69) is 118 Å². The lowest BCUT2D eigenvalue weighted by molar-refractivity contribution is -0.166. The normalized spacial score (nSPS) is 13.0. The van der Waals surface area contributed by atoms with Crippen molar-refractivity contribution in [2.75, 3.05) is 13.2 Å². The van der Waals surface area contributed by atoms with Gasteiger partial charge in [0.25, 0.3) is 0 Å². The van der Waals surface area contributed by atoms with Crippen LogP contribution < -0.4 is 0 Å². The molecule has 0 aromatic heterocycles. The Balaban J connectivity index is 4.54. The third kappa shape index (κ3) is 49.1. The second kappa shape index (κ2) is 51.7. The van der Waals surface area contributed by atoms with Crippen LogP contribution in [0, 0.1) is 0 Å². The summed E-state index contributed by atoms with van der Waals surface area (Å²) in [6.45, 7) is 6.37. The predicted molar refractivity (Wildman–Crippen MR) is 274 cm³/mol. The summed E-state index contributed by atoms with van der Waals surface area (Å²) in [6, 6.07) is 0. The SMILES string of the molecule is CC/C=C\C/C=C\C/C=C\C/C=C\C/C=C\C/C=C\CCC(=O)OC[C@@H](COC(=O)CCCCCCC/C=C\CCCCCC)OC(=O)CCCCCCC/C=C\C/C=C\CCCC. The van der Waals surface area contributed by atoms with Gasteiger partial charge in [0.15, 0.2) is 6.10 Å². The molecule has 0 spiro atoms. The number of allylic oxidation sites excluding steroid dienone is 18. The van der Waals surface area contributed by atoms with Crippen molar-refractivity contribution in [2.45, 2.75) is 226 Å². The Hall–Kier alpha value is -3.93. The molecule has 0 aliphatic heterocycles. The summed E-state index contributed by atoms with van der Waals surface area (Å²) in [5.74, 6) is -1.03. The lowest BCUT2D eigenvalue weighted by Crippen LogP contribution is -2.30. The maximum Gasteiger partial charge on any atom is 0.306 e. The van der Waals surface area contributed by atoms with Crippen LogP contribution >= 0.6 is 0 Å². The first-order valence-electron chi connectivity index (χ1n) is 25.9. The molecule has 0 aliphatic rings. The highest BCUT2D eigenvalue weighted by molar-refractivity contribution is 5.71. The minimum atomic E-state index is -0.820. The average molecular weight is 887 g/mol. The van der Waals surface area contributed by atoms with Crippen LogP contribution in [0.15, 0.2) is 109 Å². The van der Waals surface area contributed by atoms with Gasteiger partial charge in [-0.05, 0) is 109 Å². The summed E-state index contributed by atoms with van der Waals surface area (Å²) in [4.78, 5) is 37.9. The Labute approximate surface area is 393 Å². The van der Waals surface area contributed by atoms with Crippen molar-refractivity contribution in [1.29, 1.82) is 0 Å². The number of hydrogen-bond acceptors (Lipinski definition) is 6. The molecule has 64 heavy (non-hydrogen) atoms. The van der Waals surface area contributed by atoms with E-state index in [4.69, 9.17) is 14.2 Å². The summed E-state index contributed by atoms with van der Waals surface area (Å²) in [5.41, 5.74) is 0. The zero-order valence-corrected chi connectivity index (χ0v) is 41.3. The van der Waals surface area contributed by atoms with E-state index in [1.165, 1.54) is 57.8 Å². The fraction of sp³-hybridized carbons (Fsp3) is 0.638. The minimum Gasteiger partial charge on any atom is -0.462 e. The second-order valence-electron chi connectivity index (χ2n) is 16.7. The van der Waals surface area contributed by atoms with Gasteiger partial charge in [0.2, 0.25) is 0 Å². The van der Waals surface area contributed by atoms with Gasteiger partial charge in [0.1, 0.15) is 13.2 Å². The topological polar surface area (TPSA) is 78.9 Å². The van der Waals surface area contributed by atoms with Crippen molar-refractivity contribution in [1.82, 2.24) is 0 Å². The van der Waals surface area contributed by atoms with E-state index in [9.17, 15) is 14.4 Å². The molecule has 362 valence electrons. The molecule has 0 bridgehead atoms. The molecule has 1 atom stereocenters. The fourth-order valence-electron chi connectivity index (χ4n) is 6.59. The van der Waals surface area contributed by atoms with Gasteiger partial charge in [0, 0.05) is 19.3 Å². The maximum atomic E-state index is 12.8. The van der Waals surface area contributed by atoms with Crippen molar-refractivity contribution >= 4 is 17.9 Å². The van der Waals surface area contributed by atoms with Crippen LogP contribution in [0.4, 0.5) is 0 Å². The summed E-state index contributed by atoms with van der Waals surface area (Å²) in [5, 5.41) is 0. The first-order chi connectivity index (χ1) is 31.5. The Morgan fingerprint density at radius 2 is 0.656 bits per heavy atom. The number of rotatable bonds is 45. The molecule has 0 unspecified atom stereocenters. The molecule has 0 saturated carbocycles. The minimum absolute atomic E-state index is 0.113. The van der Waals surface area contributed by atoms with Crippen molar-refractivity contribution in [3.8, 4) is 0 Å². The number of esters is 3. The van der Waals surface area contributed by atoms with Crippen LogP contribution in [-0.4, -0.2) is 37.2 Å². The van der Waals surface area contributed by atoms with E-state index in [1.54, 1.807) is 0 Å². The van der Waals surface area contributed by atoms with Crippen LogP contribution in [0.5, 0.6) is 0 Å². The van der Waals surface area contributed by atoms with Gasteiger partial charge < -0.3 is 14.2 Å². The second-order valence-corrected chi connectivity index (χ2v) is 16.7. The van der Waals surface area contributed by atoms with Gasteiger partial charge in [0.05, 0.1) is 0 Å². The smallest absolute Gasteiger partial charge is 0.306 e. The first-order valence-corrected chi connectivity index (χ1v) is 25.9. The van der Waals surface area contributed by atoms with E-state index in [0.717, 1.165) is 116 Å². The quantitative estimate of drug-likeness (QED) is 0.0262. The fourth-order valence-corrected chi connectivity index (χ4v) is 6.59. The van der Waals surface area contributed by atoms with Crippen molar-refractivity contribution in [3.05, 3.63) is 109 Å². The number of ether oxygens (including phenoxy) is 3. The monoisotopic (exact) mass is 887 g/mol. The molecular formula is C58H94O6. The number of carbonyl (C=O) groups excluding carboxylic acids is 3.